The highest BCUT2D eigenvalue weighted by atomic mass is 79.9. The highest BCUT2D eigenvalue weighted by Gasteiger charge is 2.20. The van der Waals surface area contributed by atoms with Crippen LogP contribution in [-0.2, 0) is 13.6 Å². The zero-order valence-electron chi connectivity index (χ0n) is 9.72. The van der Waals surface area contributed by atoms with E-state index in [0.29, 0.717) is 15.9 Å². The largest absolute Gasteiger partial charge is 0.285 e. The Morgan fingerprint density at radius 1 is 1.53 bits per heavy atom. The van der Waals surface area contributed by atoms with E-state index in [9.17, 15) is 4.79 Å². The van der Waals surface area contributed by atoms with Crippen molar-refractivity contribution in [2.24, 2.45) is 7.05 Å². The second-order valence-electron chi connectivity index (χ2n) is 3.77. The van der Waals surface area contributed by atoms with Crippen LogP contribution in [0.2, 0.25) is 0 Å². The third-order valence-corrected chi connectivity index (χ3v) is 2.97. The van der Waals surface area contributed by atoms with E-state index in [1.54, 1.807) is 34.9 Å². The number of ketones is 1. The van der Waals surface area contributed by atoms with E-state index in [4.69, 9.17) is 0 Å². The van der Waals surface area contributed by atoms with Crippen LogP contribution in [-0.4, -0.2) is 25.3 Å². The van der Waals surface area contributed by atoms with Gasteiger partial charge in [-0.05, 0) is 28.4 Å². The molecule has 90 valence electrons. The Hall–Kier alpha value is -1.43. The van der Waals surface area contributed by atoms with E-state index in [-0.39, 0.29) is 5.78 Å². The van der Waals surface area contributed by atoms with Crippen LogP contribution in [0.3, 0.4) is 0 Å². The van der Waals surface area contributed by atoms with Crippen molar-refractivity contribution in [3.8, 4) is 0 Å². The van der Waals surface area contributed by atoms with Crippen LogP contribution in [0, 0.1) is 0 Å². The molecular formula is C11H13BrN4O. The molecular weight excluding hydrogens is 284 g/mol. The first-order chi connectivity index (χ1) is 8.13. The fourth-order valence-electron chi connectivity index (χ4n) is 1.63. The number of carbonyl (C=O) groups is 1. The number of rotatable bonds is 4. The van der Waals surface area contributed by atoms with Crippen molar-refractivity contribution in [2.75, 3.05) is 0 Å². The summed E-state index contributed by atoms with van der Waals surface area (Å²) >= 11 is 3.35. The predicted molar refractivity (Wildman–Crippen MR) is 66.9 cm³/mol. The zero-order valence-corrected chi connectivity index (χ0v) is 11.3. The minimum Gasteiger partial charge on any atom is -0.285 e. The molecule has 2 aromatic heterocycles. The molecule has 0 bridgehead atoms. The van der Waals surface area contributed by atoms with Crippen molar-refractivity contribution in [1.29, 1.82) is 0 Å². The monoisotopic (exact) mass is 296 g/mol. The van der Waals surface area contributed by atoms with Gasteiger partial charge in [0, 0.05) is 19.8 Å². The molecule has 0 atom stereocenters. The molecule has 6 heteroatoms. The summed E-state index contributed by atoms with van der Waals surface area (Å²) in [7, 11) is 1.79. The molecule has 0 saturated carbocycles. The number of hydrogen-bond donors (Lipinski definition) is 0. The molecule has 0 amide bonds. The first-order valence-electron chi connectivity index (χ1n) is 5.39. The van der Waals surface area contributed by atoms with E-state index < -0.39 is 0 Å². The van der Waals surface area contributed by atoms with Crippen LogP contribution in [0.25, 0.3) is 0 Å². The van der Waals surface area contributed by atoms with Gasteiger partial charge in [-0.2, -0.15) is 10.2 Å². The summed E-state index contributed by atoms with van der Waals surface area (Å²) in [6.07, 6.45) is 4.32. The minimum atomic E-state index is -0.108. The quantitative estimate of drug-likeness (QED) is 0.811. The molecule has 0 fully saturated rings. The lowest BCUT2D eigenvalue weighted by atomic mass is 10.2. The SMILES string of the molecule is CCCn1ncc(Br)c1C(=O)c1ccn(C)n1. The summed E-state index contributed by atoms with van der Waals surface area (Å²) in [6.45, 7) is 2.77. The van der Waals surface area contributed by atoms with Gasteiger partial charge in [0.25, 0.3) is 0 Å². The third-order valence-electron chi connectivity index (χ3n) is 2.39. The lowest BCUT2D eigenvalue weighted by molar-refractivity contribution is 0.102. The maximum absolute atomic E-state index is 12.3. The van der Waals surface area contributed by atoms with Crippen LogP contribution >= 0.6 is 15.9 Å². The molecule has 0 N–H and O–H groups in total. The first-order valence-corrected chi connectivity index (χ1v) is 6.18. The smallest absolute Gasteiger partial charge is 0.232 e. The Balaban J connectivity index is 2.39. The summed E-state index contributed by atoms with van der Waals surface area (Å²) in [5, 5.41) is 8.29. The number of carbonyl (C=O) groups excluding carboxylic acids is 1. The third kappa shape index (κ3) is 2.31. The number of aryl methyl sites for hydroxylation is 2. The van der Waals surface area contributed by atoms with Crippen LogP contribution in [0.15, 0.2) is 22.9 Å². The van der Waals surface area contributed by atoms with Crippen molar-refractivity contribution in [3.05, 3.63) is 34.3 Å². The van der Waals surface area contributed by atoms with Gasteiger partial charge in [0.05, 0.1) is 10.7 Å². The zero-order chi connectivity index (χ0) is 12.4. The van der Waals surface area contributed by atoms with Gasteiger partial charge in [0.1, 0.15) is 11.4 Å². The molecule has 5 nitrogen and oxygen atoms in total. The van der Waals surface area contributed by atoms with E-state index in [2.05, 4.69) is 26.1 Å². The molecule has 0 aliphatic heterocycles. The molecule has 0 aliphatic rings. The van der Waals surface area contributed by atoms with Crippen molar-refractivity contribution in [2.45, 2.75) is 19.9 Å². The second-order valence-corrected chi connectivity index (χ2v) is 4.62. The molecule has 2 heterocycles. The summed E-state index contributed by atoms with van der Waals surface area (Å²) < 4.78 is 4.03. The van der Waals surface area contributed by atoms with Crippen LogP contribution in [0.5, 0.6) is 0 Å². The van der Waals surface area contributed by atoms with Gasteiger partial charge in [-0.15, -0.1) is 0 Å². The Kier molecular flexibility index (Phi) is 3.42. The Morgan fingerprint density at radius 3 is 2.88 bits per heavy atom. The molecule has 0 radical (unpaired) electrons. The highest BCUT2D eigenvalue weighted by Crippen LogP contribution is 2.19. The van der Waals surface area contributed by atoms with Gasteiger partial charge in [0.2, 0.25) is 5.78 Å². The summed E-state index contributed by atoms with van der Waals surface area (Å²) in [6, 6.07) is 1.71. The molecule has 17 heavy (non-hydrogen) atoms. The second kappa shape index (κ2) is 4.83. The number of nitrogens with zero attached hydrogens (tertiary/aromatic N) is 4. The van der Waals surface area contributed by atoms with Crippen molar-refractivity contribution < 1.29 is 4.79 Å². The average Bonchev–Trinajstić information content (AvgIpc) is 2.86. The first kappa shape index (κ1) is 12.0. The summed E-state index contributed by atoms with van der Waals surface area (Å²) in [5.74, 6) is -0.108. The molecule has 0 saturated heterocycles. The van der Waals surface area contributed by atoms with Gasteiger partial charge in [-0.25, -0.2) is 0 Å². The number of halogens is 1. The topological polar surface area (TPSA) is 52.7 Å². The van der Waals surface area contributed by atoms with Gasteiger partial charge < -0.3 is 0 Å². The fourth-order valence-corrected chi connectivity index (χ4v) is 2.10. The van der Waals surface area contributed by atoms with Crippen LogP contribution in [0.1, 0.15) is 29.5 Å². The maximum Gasteiger partial charge on any atom is 0.232 e. The van der Waals surface area contributed by atoms with Crippen molar-refractivity contribution in [1.82, 2.24) is 19.6 Å². The Bertz CT molecular complexity index is 543. The normalized spacial score (nSPS) is 10.8. The number of aromatic nitrogens is 4. The van der Waals surface area contributed by atoms with E-state index in [1.807, 2.05) is 6.92 Å². The fraction of sp³-hybridized carbons (Fsp3) is 0.364. The predicted octanol–water partition coefficient (Wildman–Crippen LogP) is 2.02. The van der Waals surface area contributed by atoms with Gasteiger partial charge in [-0.1, -0.05) is 6.92 Å². The van der Waals surface area contributed by atoms with E-state index >= 15 is 0 Å². The molecule has 2 aromatic rings. The van der Waals surface area contributed by atoms with Crippen molar-refractivity contribution >= 4 is 21.7 Å². The molecule has 0 aromatic carbocycles. The standard InChI is InChI=1S/C11H13BrN4O/c1-3-5-16-10(8(12)7-13-16)11(17)9-4-6-15(2)14-9/h4,6-7H,3,5H2,1-2H3. The molecule has 0 aliphatic carbocycles. The Labute approximate surface area is 108 Å². The van der Waals surface area contributed by atoms with Crippen LogP contribution < -0.4 is 0 Å². The molecule has 2 rings (SSSR count). The lowest BCUT2D eigenvalue weighted by Crippen LogP contribution is -2.13. The highest BCUT2D eigenvalue weighted by molar-refractivity contribution is 9.10. The molecule has 0 spiro atoms. The van der Waals surface area contributed by atoms with Crippen LogP contribution in [0.4, 0.5) is 0 Å². The van der Waals surface area contributed by atoms with E-state index in [0.717, 1.165) is 13.0 Å². The van der Waals surface area contributed by atoms with Gasteiger partial charge in [-0.3, -0.25) is 14.2 Å². The van der Waals surface area contributed by atoms with Crippen molar-refractivity contribution in [3.63, 3.8) is 0 Å². The summed E-state index contributed by atoms with van der Waals surface area (Å²) in [4.78, 5) is 12.3. The lowest BCUT2D eigenvalue weighted by Gasteiger charge is -2.04. The maximum atomic E-state index is 12.3. The Morgan fingerprint density at radius 2 is 2.29 bits per heavy atom. The molecule has 0 unspecified atom stereocenters. The van der Waals surface area contributed by atoms with Gasteiger partial charge >= 0.3 is 0 Å². The minimum absolute atomic E-state index is 0.108. The summed E-state index contributed by atoms with van der Waals surface area (Å²) in [5.41, 5.74) is 0.997. The van der Waals surface area contributed by atoms with E-state index in [1.165, 1.54) is 0 Å². The number of hydrogen-bond acceptors (Lipinski definition) is 3. The average molecular weight is 297 g/mol. The van der Waals surface area contributed by atoms with Gasteiger partial charge in [0.15, 0.2) is 0 Å².